The fourth-order valence-corrected chi connectivity index (χ4v) is 4.15. The molecular weight excluding hydrogens is 334 g/mol. The number of thioether (sulfide) groups is 1. The van der Waals surface area contributed by atoms with Gasteiger partial charge in [0.1, 0.15) is 0 Å². The molecule has 3 rings (SSSR count). The highest BCUT2D eigenvalue weighted by molar-refractivity contribution is 8.00. The average Bonchev–Trinajstić information content (AvgIpc) is 3.08. The smallest absolute Gasteiger partial charge is 0.236 e. The molecule has 6 nitrogen and oxygen atoms in total. The lowest BCUT2D eigenvalue weighted by Gasteiger charge is -2.36. The minimum atomic E-state index is -0.187. The van der Waals surface area contributed by atoms with Gasteiger partial charge in [-0.25, -0.2) is 4.68 Å². The van der Waals surface area contributed by atoms with Gasteiger partial charge < -0.3 is 4.90 Å². The van der Waals surface area contributed by atoms with E-state index < -0.39 is 0 Å². The van der Waals surface area contributed by atoms with Crippen molar-refractivity contribution in [1.82, 2.24) is 25.1 Å². The summed E-state index contributed by atoms with van der Waals surface area (Å²) in [5, 5.41) is 12.5. The Morgan fingerprint density at radius 1 is 1.32 bits per heavy atom. The van der Waals surface area contributed by atoms with Crippen LogP contribution in [0.2, 0.25) is 0 Å². The van der Waals surface area contributed by atoms with Crippen LogP contribution in [0.1, 0.15) is 45.1 Å². The Labute approximate surface area is 153 Å². The predicted octanol–water partition coefficient (Wildman–Crippen LogP) is 2.99. The van der Waals surface area contributed by atoms with Crippen LogP contribution in [0.4, 0.5) is 0 Å². The number of hydrogen-bond acceptors (Lipinski definition) is 5. The van der Waals surface area contributed by atoms with Gasteiger partial charge in [0.15, 0.2) is 0 Å². The molecule has 1 fully saturated rings. The minimum Gasteiger partial charge on any atom is -0.339 e. The lowest BCUT2D eigenvalue weighted by atomic mass is 10.00. The third-order valence-electron chi connectivity index (χ3n) is 4.69. The first kappa shape index (κ1) is 17.9. The number of likely N-dealkylation sites (tertiary alicyclic amines) is 1. The molecule has 1 amide bonds. The van der Waals surface area contributed by atoms with Crippen LogP contribution in [-0.4, -0.2) is 48.9 Å². The lowest BCUT2D eigenvalue weighted by molar-refractivity contribution is -0.134. The van der Waals surface area contributed by atoms with Gasteiger partial charge in [0.05, 0.1) is 11.8 Å². The first-order valence-electron chi connectivity index (χ1n) is 8.96. The van der Waals surface area contributed by atoms with Crippen molar-refractivity contribution >= 4 is 17.7 Å². The van der Waals surface area contributed by atoms with Crippen molar-refractivity contribution in [3.63, 3.8) is 0 Å². The van der Waals surface area contributed by atoms with Crippen molar-refractivity contribution in [2.24, 2.45) is 0 Å². The molecule has 0 aliphatic carbocycles. The Kier molecular flexibility index (Phi) is 6.07. The van der Waals surface area contributed by atoms with E-state index in [1.54, 1.807) is 4.68 Å². The molecule has 0 bridgehead atoms. The van der Waals surface area contributed by atoms with Crippen LogP contribution in [0.5, 0.6) is 0 Å². The second-order valence-corrected chi connectivity index (χ2v) is 7.76. The minimum absolute atomic E-state index is 0.187. The van der Waals surface area contributed by atoms with E-state index >= 15 is 0 Å². The van der Waals surface area contributed by atoms with Gasteiger partial charge in [-0.2, -0.15) is 0 Å². The molecule has 25 heavy (non-hydrogen) atoms. The lowest BCUT2D eigenvalue weighted by Crippen LogP contribution is -2.46. The zero-order valence-corrected chi connectivity index (χ0v) is 15.7. The van der Waals surface area contributed by atoms with Crippen LogP contribution in [0.15, 0.2) is 35.5 Å². The van der Waals surface area contributed by atoms with E-state index in [0.29, 0.717) is 17.7 Å². The summed E-state index contributed by atoms with van der Waals surface area (Å²) in [6.45, 7) is 5.60. The molecule has 2 unspecified atom stereocenters. The van der Waals surface area contributed by atoms with Gasteiger partial charge in [0, 0.05) is 12.6 Å². The van der Waals surface area contributed by atoms with Gasteiger partial charge in [-0.15, -0.1) is 5.10 Å². The van der Waals surface area contributed by atoms with Crippen LogP contribution in [0.3, 0.4) is 0 Å². The van der Waals surface area contributed by atoms with E-state index in [9.17, 15) is 4.79 Å². The molecule has 1 aliphatic heterocycles. The number of carbonyl (C=O) groups excluding carboxylic acids is 1. The molecular formula is C18H25N5OS. The Morgan fingerprint density at radius 2 is 2.12 bits per heavy atom. The van der Waals surface area contributed by atoms with Gasteiger partial charge >= 0.3 is 0 Å². The topological polar surface area (TPSA) is 63.9 Å². The van der Waals surface area contributed by atoms with Crippen LogP contribution >= 0.6 is 11.8 Å². The SMILES string of the molecule is CCC1CCCCN1C(=O)C(C)Sc1nnnn1Cc1ccccc1. The summed E-state index contributed by atoms with van der Waals surface area (Å²) >= 11 is 1.45. The molecule has 1 aromatic heterocycles. The summed E-state index contributed by atoms with van der Waals surface area (Å²) in [5.41, 5.74) is 1.14. The van der Waals surface area contributed by atoms with E-state index in [-0.39, 0.29) is 11.2 Å². The van der Waals surface area contributed by atoms with E-state index in [1.807, 2.05) is 37.3 Å². The van der Waals surface area contributed by atoms with Crippen molar-refractivity contribution in [3.05, 3.63) is 35.9 Å². The first-order valence-corrected chi connectivity index (χ1v) is 9.84. The van der Waals surface area contributed by atoms with Gasteiger partial charge in [0.2, 0.25) is 11.1 Å². The molecule has 2 aromatic rings. The molecule has 1 aromatic carbocycles. The highest BCUT2D eigenvalue weighted by Gasteiger charge is 2.30. The second-order valence-electron chi connectivity index (χ2n) is 6.45. The van der Waals surface area contributed by atoms with E-state index in [2.05, 4.69) is 27.3 Å². The summed E-state index contributed by atoms with van der Waals surface area (Å²) in [4.78, 5) is 15.0. The highest BCUT2D eigenvalue weighted by atomic mass is 32.2. The summed E-state index contributed by atoms with van der Waals surface area (Å²) < 4.78 is 1.76. The number of benzene rings is 1. The quantitative estimate of drug-likeness (QED) is 0.742. The van der Waals surface area contributed by atoms with Gasteiger partial charge in [-0.3, -0.25) is 4.79 Å². The molecule has 0 N–H and O–H groups in total. The first-order chi connectivity index (χ1) is 12.2. The third-order valence-corrected chi connectivity index (χ3v) is 5.74. The molecule has 0 saturated carbocycles. The number of amides is 1. The van der Waals surface area contributed by atoms with Crippen molar-refractivity contribution in [2.45, 2.75) is 62.5 Å². The number of tetrazole rings is 1. The van der Waals surface area contributed by atoms with Crippen molar-refractivity contribution in [3.8, 4) is 0 Å². The zero-order chi connectivity index (χ0) is 17.6. The number of nitrogens with zero attached hydrogens (tertiary/aromatic N) is 5. The molecule has 134 valence electrons. The van der Waals surface area contributed by atoms with E-state index in [1.165, 1.54) is 18.2 Å². The van der Waals surface area contributed by atoms with Crippen LogP contribution in [-0.2, 0) is 11.3 Å². The third kappa shape index (κ3) is 4.39. The Bertz CT molecular complexity index is 690. The van der Waals surface area contributed by atoms with E-state index in [4.69, 9.17) is 0 Å². The zero-order valence-electron chi connectivity index (χ0n) is 14.8. The molecule has 0 spiro atoms. The Morgan fingerprint density at radius 3 is 2.88 bits per heavy atom. The summed E-state index contributed by atoms with van der Waals surface area (Å²) in [7, 11) is 0. The maximum atomic E-state index is 12.9. The summed E-state index contributed by atoms with van der Waals surface area (Å²) in [6.07, 6.45) is 4.46. The monoisotopic (exact) mass is 359 g/mol. The number of hydrogen-bond donors (Lipinski definition) is 0. The highest BCUT2D eigenvalue weighted by Crippen LogP contribution is 2.26. The standard InChI is InChI=1S/C18H25N5OS/c1-3-16-11-7-8-12-22(16)17(24)14(2)25-18-19-20-21-23(18)13-15-9-5-4-6-10-15/h4-6,9-10,14,16H,3,7-8,11-13H2,1-2H3. The van der Waals surface area contributed by atoms with Crippen LogP contribution in [0.25, 0.3) is 0 Å². The van der Waals surface area contributed by atoms with Crippen molar-refractivity contribution in [2.75, 3.05) is 6.54 Å². The fraction of sp³-hybridized carbons (Fsp3) is 0.556. The number of carbonyl (C=O) groups is 1. The molecule has 1 saturated heterocycles. The fourth-order valence-electron chi connectivity index (χ4n) is 3.29. The Balaban J connectivity index is 1.66. The van der Waals surface area contributed by atoms with Gasteiger partial charge in [0.25, 0.3) is 0 Å². The molecule has 7 heteroatoms. The predicted molar refractivity (Wildman–Crippen MR) is 98.3 cm³/mol. The molecule has 0 radical (unpaired) electrons. The maximum absolute atomic E-state index is 12.9. The van der Waals surface area contributed by atoms with Gasteiger partial charge in [-0.1, -0.05) is 49.0 Å². The van der Waals surface area contributed by atoms with Crippen LogP contribution in [0, 0.1) is 0 Å². The van der Waals surface area contributed by atoms with Crippen LogP contribution < -0.4 is 0 Å². The summed E-state index contributed by atoms with van der Waals surface area (Å²) in [6, 6.07) is 10.5. The van der Waals surface area contributed by atoms with E-state index in [0.717, 1.165) is 31.4 Å². The van der Waals surface area contributed by atoms with Gasteiger partial charge in [-0.05, 0) is 48.6 Å². The van der Waals surface area contributed by atoms with Crippen molar-refractivity contribution < 1.29 is 4.79 Å². The largest absolute Gasteiger partial charge is 0.339 e. The number of piperidine rings is 1. The second kappa shape index (κ2) is 8.47. The number of aromatic nitrogens is 4. The number of rotatable bonds is 6. The Hall–Kier alpha value is -1.89. The van der Waals surface area contributed by atoms with Crippen molar-refractivity contribution in [1.29, 1.82) is 0 Å². The average molecular weight is 359 g/mol. The normalized spacial score (nSPS) is 19.0. The maximum Gasteiger partial charge on any atom is 0.236 e. The molecule has 1 aliphatic rings. The summed E-state index contributed by atoms with van der Waals surface area (Å²) in [5.74, 6) is 0.200. The molecule has 2 heterocycles. The molecule has 2 atom stereocenters.